The molecule has 0 atom stereocenters. The summed E-state index contributed by atoms with van der Waals surface area (Å²) in [6, 6.07) is 10.8. The Hall–Kier alpha value is -1.87. The zero-order valence-corrected chi connectivity index (χ0v) is 10.9. The van der Waals surface area contributed by atoms with Gasteiger partial charge in [-0.2, -0.15) is 0 Å². The first-order valence-electron chi connectivity index (χ1n) is 6.16. The lowest BCUT2D eigenvalue weighted by Crippen LogP contribution is -2.04. The number of aromatic carboxylic acids is 1. The summed E-state index contributed by atoms with van der Waals surface area (Å²) in [5.74, 6) is -0.631. The highest BCUT2D eigenvalue weighted by Gasteiger charge is 2.30. The van der Waals surface area contributed by atoms with Crippen molar-refractivity contribution in [1.29, 1.82) is 0 Å². The van der Waals surface area contributed by atoms with Gasteiger partial charge in [0, 0.05) is 16.5 Å². The number of carboxylic acid groups (broad SMARTS) is 1. The highest BCUT2D eigenvalue weighted by atomic mass is 35.5. The minimum absolute atomic E-state index is 0.286. The molecule has 96 valence electrons. The van der Waals surface area contributed by atoms with E-state index in [4.69, 9.17) is 11.6 Å². The molecule has 1 N–H and O–H groups in total. The summed E-state index contributed by atoms with van der Waals surface area (Å²) < 4.78 is 0. The summed E-state index contributed by atoms with van der Waals surface area (Å²) in [6.45, 7) is 0. The standard InChI is InChI=1S/C15H12ClNO2/c16-12-4-2-1-3-10(12)13-8-7-11(15(18)19)14(17-13)9-5-6-9/h1-4,7-9H,5-6H2,(H,18,19). The van der Waals surface area contributed by atoms with Crippen molar-refractivity contribution < 1.29 is 9.90 Å². The molecule has 0 amide bonds. The Morgan fingerprint density at radius 3 is 2.58 bits per heavy atom. The Kier molecular flexibility index (Phi) is 2.99. The average molecular weight is 274 g/mol. The van der Waals surface area contributed by atoms with Crippen LogP contribution < -0.4 is 0 Å². The minimum atomic E-state index is -0.917. The van der Waals surface area contributed by atoms with Gasteiger partial charge in [0.15, 0.2) is 0 Å². The van der Waals surface area contributed by atoms with Crippen molar-refractivity contribution in [2.24, 2.45) is 0 Å². The van der Waals surface area contributed by atoms with Crippen LogP contribution >= 0.6 is 11.6 Å². The van der Waals surface area contributed by atoms with Gasteiger partial charge in [0.2, 0.25) is 0 Å². The highest BCUT2D eigenvalue weighted by Crippen LogP contribution is 2.41. The van der Waals surface area contributed by atoms with E-state index < -0.39 is 5.97 Å². The van der Waals surface area contributed by atoms with Gasteiger partial charge >= 0.3 is 5.97 Å². The molecule has 4 heteroatoms. The first kappa shape index (κ1) is 12.2. The molecule has 0 radical (unpaired) electrons. The maximum absolute atomic E-state index is 11.2. The Morgan fingerprint density at radius 1 is 1.21 bits per heavy atom. The van der Waals surface area contributed by atoms with Crippen LogP contribution in [0.5, 0.6) is 0 Å². The number of carbonyl (C=O) groups is 1. The monoisotopic (exact) mass is 273 g/mol. The molecule has 0 aliphatic heterocycles. The van der Waals surface area contributed by atoms with E-state index in [1.54, 1.807) is 18.2 Å². The van der Waals surface area contributed by atoms with Gasteiger partial charge in [0.05, 0.1) is 17.0 Å². The summed E-state index contributed by atoms with van der Waals surface area (Å²) in [4.78, 5) is 15.7. The van der Waals surface area contributed by atoms with E-state index in [0.29, 0.717) is 16.3 Å². The first-order valence-corrected chi connectivity index (χ1v) is 6.54. The van der Waals surface area contributed by atoms with Crippen LogP contribution in [0.4, 0.5) is 0 Å². The lowest BCUT2D eigenvalue weighted by Gasteiger charge is -2.08. The number of hydrogen-bond donors (Lipinski definition) is 1. The molecule has 3 nitrogen and oxygen atoms in total. The van der Waals surface area contributed by atoms with Crippen LogP contribution in [0, 0.1) is 0 Å². The van der Waals surface area contributed by atoms with E-state index in [0.717, 1.165) is 24.1 Å². The van der Waals surface area contributed by atoms with Gasteiger partial charge in [-0.05, 0) is 31.0 Å². The summed E-state index contributed by atoms with van der Waals surface area (Å²) in [5.41, 5.74) is 2.56. The Balaban J connectivity index is 2.11. The molecule has 0 unspecified atom stereocenters. The van der Waals surface area contributed by atoms with Gasteiger partial charge in [-0.3, -0.25) is 4.98 Å². The minimum Gasteiger partial charge on any atom is -0.478 e. The number of aromatic nitrogens is 1. The van der Waals surface area contributed by atoms with Gasteiger partial charge in [0.25, 0.3) is 0 Å². The third kappa shape index (κ3) is 2.34. The van der Waals surface area contributed by atoms with Crippen LogP contribution in [-0.4, -0.2) is 16.1 Å². The van der Waals surface area contributed by atoms with Gasteiger partial charge in [-0.1, -0.05) is 29.8 Å². The lowest BCUT2D eigenvalue weighted by molar-refractivity contribution is 0.0695. The zero-order chi connectivity index (χ0) is 13.4. The summed E-state index contributed by atoms with van der Waals surface area (Å²) >= 11 is 6.15. The number of benzene rings is 1. The van der Waals surface area contributed by atoms with Crippen molar-refractivity contribution in [3.8, 4) is 11.3 Å². The summed E-state index contributed by atoms with van der Waals surface area (Å²) in [6.07, 6.45) is 2.03. The molecule has 1 fully saturated rings. The van der Waals surface area contributed by atoms with E-state index in [1.165, 1.54) is 0 Å². The maximum atomic E-state index is 11.2. The third-order valence-electron chi connectivity index (χ3n) is 3.27. The fraction of sp³-hybridized carbons (Fsp3) is 0.200. The molecule has 2 aromatic rings. The van der Waals surface area contributed by atoms with Crippen molar-refractivity contribution in [3.05, 3.63) is 52.7 Å². The maximum Gasteiger partial charge on any atom is 0.337 e. The molecule has 1 aromatic heterocycles. The first-order chi connectivity index (χ1) is 9.16. The van der Waals surface area contributed by atoms with Crippen LogP contribution in [-0.2, 0) is 0 Å². The van der Waals surface area contributed by atoms with Crippen LogP contribution in [0.2, 0.25) is 5.02 Å². The third-order valence-corrected chi connectivity index (χ3v) is 3.60. The van der Waals surface area contributed by atoms with Gasteiger partial charge in [-0.25, -0.2) is 4.79 Å². The number of nitrogens with zero attached hydrogens (tertiary/aromatic N) is 1. The Bertz CT molecular complexity index is 650. The van der Waals surface area contributed by atoms with Gasteiger partial charge in [0.1, 0.15) is 0 Å². The van der Waals surface area contributed by atoms with Gasteiger partial charge in [-0.15, -0.1) is 0 Å². The predicted octanol–water partition coefficient (Wildman–Crippen LogP) is 3.98. The van der Waals surface area contributed by atoms with E-state index in [2.05, 4.69) is 4.98 Å². The Labute approximate surface area is 115 Å². The number of carboxylic acids is 1. The van der Waals surface area contributed by atoms with E-state index in [9.17, 15) is 9.90 Å². The molecule has 1 aliphatic carbocycles. The second-order valence-electron chi connectivity index (χ2n) is 4.69. The van der Waals surface area contributed by atoms with Crippen molar-refractivity contribution >= 4 is 17.6 Å². The molecular formula is C15H12ClNO2. The highest BCUT2D eigenvalue weighted by molar-refractivity contribution is 6.33. The molecule has 0 spiro atoms. The Morgan fingerprint density at radius 2 is 1.95 bits per heavy atom. The molecule has 3 rings (SSSR count). The fourth-order valence-corrected chi connectivity index (χ4v) is 2.38. The largest absolute Gasteiger partial charge is 0.478 e. The normalized spacial score (nSPS) is 14.4. The van der Waals surface area contributed by atoms with Crippen molar-refractivity contribution in [2.45, 2.75) is 18.8 Å². The zero-order valence-electron chi connectivity index (χ0n) is 10.1. The van der Waals surface area contributed by atoms with Gasteiger partial charge < -0.3 is 5.11 Å². The molecule has 1 aromatic carbocycles. The molecule has 19 heavy (non-hydrogen) atoms. The van der Waals surface area contributed by atoms with Crippen LogP contribution in [0.25, 0.3) is 11.3 Å². The number of rotatable bonds is 3. The topological polar surface area (TPSA) is 50.2 Å². The molecule has 0 bridgehead atoms. The van der Waals surface area contributed by atoms with E-state index in [-0.39, 0.29) is 5.92 Å². The fourth-order valence-electron chi connectivity index (χ4n) is 2.14. The molecular weight excluding hydrogens is 262 g/mol. The molecule has 0 saturated heterocycles. The van der Waals surface area contributed by atoms with Crippen LogP contribution in [0.15, 0.2) is 36.4 Å². The number of hydrogen-bond acceptors (Lipinski definition) is 2. The SMILES string of the molecule is O=C(O)c1ccc(-c2ccccc2Cl)nc1C1CC1. The van der Waals surface area contributed by atoms with Crippen molar-refractivity contribution in [1.82, 2.24) is 4.98 Å². The predicted molar refractivity (Wildman–Crippen MR) is 73.6 cm³/mol. The van der Waals surface area contributed by atoms with Crippen LogP contribution in [0.1, 0.15) is 34.8 Å². The molecule has 1 aliphatic rings. The van der Waals surface area contributed by atoms with Crippen LogP contribution in [0.3, 0.4) is 0 Å². The average Bonchev–Trinajstić information content (AvgIpc) is 3.23. The van der Waals surface area contributed by atoms with Crippen molar-refractivity contribution in [2.75, 3.05) is 0 Å². The second kappa shape index (κ2) is 4.67. The summed E-state index contributed by atoms with van der Waals surface area (Å²) in [7, 11) is 0. The smallest absolute Gasteiger partial charge is 0.337 e. The lowest BCUT2D eigenvalue weighted by atomic mass is 10.1. The second-order valence-corrected chi connectivity index (χ2v) is 5.10. The summed E-state index contributed by atoms with van der Waals surface area (Å²) in [5, 5.41) is 9.82. The molecule has 1 saturated carbocycles. The van der Waals surface area contributed by atoms with Crippen molar-refractivity contribution in [3.63, 3.8) is 0 Å². The molecule has 1 heterocycles. The number of halogens is 1. The van der Waals surface area contributed by atoms with E-state index in [1.807, 2.05) is 18.2 Å². The number of pyridine rings is 1. The quantitative estimate of drug-likeness (QED) is 0.920. The van der Waals surface area contributed by atoms with E-state index >= 15 is 0 Å².